The molecule has 0 atom stereocenters. The molecule has 0 fully saturated rings. The standard InChI is InChI=1S/C56H32N4O/c1-2-15-35(16-3-1)59-46-24-12-10-21-40(46)45-32-34(27-30-47(45)59)53-52-43-23-11-13-25-49(43)61-55(52)58-56(57-53)60-48-31-29-42-39-20-7-6-18-37(39)38-19-8-9-22-41(38)50(42)51(48)44-28-26-33-14-4-5-17-36(33)54(44)60/h1-32H. The van der Waals surface area contributed by atoms with Crippen molar-refractivity contribution in [3.8, 4) is 22.9 Å². The van der Waals surface area contributed by atoms with Crippen molar-refractivity contribution in [3.05, 3.63) is 194 Å². The van der Waals surface area contributed by atoms with Crippen LogP contribution in [0.4, 0.5) is 0 Å². The molecule has 0 amide bonds. The fourth-order valence-electron chi connectivity index (χ4n) is 10.4. The number of hydrogen-bond acceptors (Lipinski definition) is 3. The average molecular weight is 777 g/mol. The Bertz CT molecular complexity index is 4140. The summed E-state index contributed by atoms with van der Waals surface area (Å²) in [6, 6.07) is 69.6. The van der Waals surface area contributed by atoms with Crippen LogP contribution in [0.25, 0.3) is 132 Å². The second-order valence-corrected chi connectivity index (χ2v) is 16.1. The molecular formula is C56H32N4O. The zero-order valence-electron chi connectivity index (χ0n) is 32.7. The molecule has 0 N–H and O–H groups in total. The van der Waals surface area contributed by atoms with Crippen LogP contribution in [0, 0.1) is 0 Å². The Morgan fingerprint density at radius 2 is 0.967 bits per heavy atom. The van der Waals surface area contributed by atoms with Crippen molar-refractivity contribution in [2.24, 2.45) is 0 Å². The van der Waals surface area contributed by atoms with Crippen molar-refractivity contribution in [2.75, 3.05) is 0 Å². The number of fused-ring (bicyclic) bond motifs is 18. The molecule has 14 rings (SSSR count). The number of hydrogen-bond donors (Lipinski definition) is 0. The van der Waals surface area contributed by atoms with Crippen LogP contribution in [0.1, 0.15) is 0 Å². The minimum Gasteiger partial charge on any atom is -0.437 e. The van der Waals surface area contributed by atoms with Crippen LogP contribution in [0.5, 0.6) is 0 Å². The minimum absolute atomic E-state index is 0.556. The van der Waals surface area contributed by atoms with Crippen molar-refractivity contribution in [1.29, 1.82) is 0 Å². The maximum Gasteiger partial charge on any atom is 0.238 e. The van der Waals surface area contributed by atoms with Gasteiger partial charge in [-0.15, -0.1) is 0 Å². The molecular weight excluding hydrogens is 745 g/mol. The summed E-state index contributed by atoms with van der Waals surface area (Å²) in [4.78, 5) is 11.0. The van der Waals surface area contributed by atoms with Gasteiger partial charge in [0.15, 0.2) is 0 Å². The Balaban J connectivity index is 1.13. The summed E-state index contributed by atoms with van der Waals surface area (Å²) in [6.07, 6.45) is 0. The van der Waals surface area contributed by atoms with Gasteiger partial charge in [-0.1, -0.05) is 152 Å². The van der Waals surface area contributed by atoms with Crippen LogP contribution >= 0.6 is 0 Å². The average Bonchev–Trinajstić information content (AvgIpc) is 3.99. The van der Waals surface area contributed by atoms with E-state index in [1.165, 1.54) is 43.1 Å². The Labute approximate surface area is 347 Å². The lowest BCUT2D eigenvalue weighted by atomic mass is 9.91. The lowest BCUT2D eigenvalue weighted by Crippen LogP contribution is -2.03. The van der Waals surface area contributed by atoms with Crippen molar-refractivity contribution < 1.29 is 4.42 Å². The van der Waals surface area contributed by atoms with E-state index in [4.69, 9.17) is 14.4 Å². The van der Waals surface area contributed by atoms with E-state index in [0.717, 1.165) is 76.9 Å². The van der Waals surface area contributed by atoms with E-state index >= 15 is 0 Å². The van der Waals surface area contributed by atoms with Gasteiger partial charge in [0.2, 0.25) is 11.7 Å². The lowest BCUT2D eigenvalue weighted by Gasteiger charge is -2.13. The predicted octanol–water partition coefficient (Wildman–Crippen LogP) is 14.8. The summed E-state index contributed by atoms with van der Waals surface area (Å²) in [5.74, 6) is 0.564. The number of para-hydroxylation sites is 3. The third kappa shape index (κ3) is 4.44. The van der Waals surface area contributed by atoms with Gasteiger partial charge in [0.1, 0.15) is 5.58 Å². The minimum atomic E-state index is 0.556. The first-order valence-electron chi connectivity index (χ1n) is 20.8. The van der Waals surface area contributed by atoms with Gasteiger partial charge in [-0.05, 0) is 74.8 Å². The van der Waals surface area contributed by atoms with Crippen molar-refractivity contribution >= 4 is 109 Å². The highest BCUT2D eigenvalue weighted by atomic mass is 16.3. The fraction of sp³-hybridized carbons (Fsp3) is 0. The SMILES string of the molecule is c1ccc(-n2c3ccccc3c3cc(-c4nc(-n5c6ccc7c8ccccc8c8ccccc8c7c6c6ccc7ccccc7c65)nc5oc6ccccc6c45)ccc32)cc1. The van der Waals surface area contributed by atoms with E-state index in [9.17, 15) is 0 Å². The molecule has 14 aromatic rings. The maximum absolute atomic E-state index is 6.69. The van der Waals surface area contributed by atoms with Crippen molar-refractivity contribution in [1.82, 2.24) is 19.1 Å². The molecule has 5 nitrogen and oxygen atoms in total. The molecule has 5 heteroatoms. The first kappa shape index (κ1) is 32.7. The zero-order chi connectivity index (χ0) is 39.8. The van der Waals surface area contributed by atoms with Crippen LogP contribution in [0.2, 0.25) is 0 Å². The van der Waals surface area contributed by atoms with E-state index in [1.54, 1.807) is 0 Å². The second-order valence-electron chi connectivity index (χ2n) is 16.1. The quantitative estimate of drug-likeness (QED) is 0.168. The number of furan rings is 1. The van der Waals surface area contributed by atoms with Gasteiger partial charge in [0.25, 0.3) is 0 Å². The summed E-state index contributed by atoms with van der Waals surface area (Å²) >= 11 is 0. The monoisotopic (exact) mass is 776 g/mol. The Morgan fingerprint density at radius 3 is 1.79 bits per heavy atom. The third-order valence-electron chi connectivity index (χ3n) is 12.9. The Kier molecular flexibility index (Phi) is 6.49. The molecule has 0 radical (unpaired) electrons. The molecule has 61 heavy (non-hydrogen) atoms. The van der Waals surface area contributed by atoms with Gasteiger partial charge in [-0.3, -0.25) is 4.57 Å². The van der Waals surface area contributed by atoms with Crippen molar-refractivity contribution in [2.45, 2.75) is 0 Å². The number of aromatic nitrogens is 4. The van der Waals surface area contributed by atoms with E-state index in [2.05, 4.69) is 191 Å². The zero-order valence-corrected chi connectivity index (χ0v) is 32.7. The summed E-state index contributed by atoms with van der Waals surface area (Å²) in [5.41, 5.74) is 8.70. The van der Waals surface area contributed by atoms with Gasteiger partial charge in [0.05, 0.1) is 33.1 Å². The first-order valence-corrected chi connectivity index (χ1v) is 20.8. The molecule has 0 unspecified atom stereocenters. The number of nitrogens with zero attached hydrogens (tertiary/aromatic N) is 4. The first-order chi connectivity index (χ1) is 30.3. The molecule has 0 aliphatic heterocycles. The van der Waals surface area contributed by atoms with E-state index < -0.39 is 0 Å². The van der Waals surface area contributed by atoms with Gasteiger partial charge < -0.3 is 8.98 Å². The maximum atomic E-state index is 6.69. The highest BCUT2D eigenvalue weighted by Gasteiger charge is 2.25. The normalized spacial score (nSPS) is 12.3. The summed E-state index contributed by atoms with van der Waals surface area (Å²) in [6.45, 7) is 0. The largest absolute Gasteiger partial charge is 0.437 e. The van der Waals surface area contributed by atoms with E-state index in [-0.39, 0.29) is 0 Å². The molecule has 4 heterocycles. The predicted molar refractivity (Wildman–Crippen MR) is 253 cm³/mol. The van der Waals surface area contributed by atoms with Crippen LogP contribution in [-0.2, 0) is 0 Å². The summed E-state index contributed by atoms with van der Waals surface area (Å²) < 4.78 is 11.3. The molecule has 0 saturated carbocycles. The molecule has 0 aliphatic carbocycles. The summed E-state index contributed by atoms with van der Waals surface area (Å²) in [5, 5.41) is 16.3. The third-order valence-corrected chi connectivity index (χ3v) is 12.9. The van der Waals surface area contributed by atoms with Crippen LogP contribution in [0.3, 0.4) is 0 Å². The topological polar surface area (TPSA) is 48.8 Å². The number of benzene rings is 10. The van der Waals surface area contributed by atoms with E-state index in [0.29, 0.717) is 11.7 Å². The van der Waals surface area contributed by atoms with Crippen LogP contribution in [-0.4, -0.2) is 19.1 Å². The van der Waals surface area contributed by atoms with Crippen LogP contribution < -0.4 is 0 Å². The highest BCUT2D eigenvalue weighted by molar-refractivity contribution is 6.36. The molecule has 0 saturated heterocycles. The molecule has 10 aromatic carbocycles. The van der Waals surface area contributed by atoms with Gasteiger partial charge in [-0.2, -0.15) is 4.98 Å². The molecule has 0 aliphatic rings. The smallest absolute Gasteiger partial charge is 0.238 e. The number of rotatable bonds is 3. The molecule has 4 aromatic heterocycles. The molecule has 0 spiro atoms. The van der Waals surface area contributed by atoms with Crippen molar-refractivity contribution in [3.63, 3.8) is 0 Å². The van der Waals surface area contributed by atoms with Gasteiger partial charge in [-0.25, -0.2) is 4.98 Å². The van der Waals surface area contributed by atoms with Crippen LogP contribution in [0.15, 0.2) is 199 Å². The van der Waals surface area contributed by atoms with E-state index in [1.807, 2.05) is 12.1 Å². The summed E-state index contributed by atoms with van der Waals surface area (Å²) in [7, 11) is 0. The highest BCUT2D eigenvalue weighted by Crippen LogP contribution is 2.46. The molecule has 0 bridgehead atoms. The molecule has 282 valence electrons. The van der Waals surface area contributed by atoms with Gasteiger partial charge in [0, 0.05) is 49.0 Å². The lowest BCUT2D eigenvalue weighted by molar-refractivity contribution is 0.651. The second kappa shape index (κ2) is 12.1. The fourth-order valence-corrected chi connectivity index (χ4v) is 10.4. The Hall–Kier alpha value is -8.28. The Morgan fingerprint density at radius 1 is 0.361 bits per heavy atom. The van der Waals surface area contributed by atoms with Gasteiger partial charge >= 0.3 is 0 Å².